The van der Waals surface area contributed by atoms with Crippen LogP contribution in [0.4, 0.5) is 0 Å². The topological polar surface area (TPSA) is 47.9 Å². The molecule has 0 spiro atoms. The first-order valence-corrected chi connectivity index (χ1v) is 10.5. The monoisotopic (exact) mass is 399 g/mol. The summed E-state index contributed by atoms with van der Waals surface area (Å²) in [5.41, 5.74) is 2.28. The number of hydrogen-bond donors (Lipinski definition) is 0. The quantitative estimate of drug-likeness (QED) is 0.584. The second-order valence-electron chi connectivity index (χ2n) is 5.80. The first kappa shape index (κ1) is 19.6. The van der Waals surface area contributed by atoms with Crippen LogP contribution in [0.3, 0.4) is 0 Å². The molecule has 6 heteroatoms. The van der Waals surface area contributed by atoms with Crippen molar-refractivity contribution >= 4 is 39.1 Å². The lowest BCUT2D eigenvalue weighted by atomic mass is 10.1. The van der Waals surface area contributed by atoms with E-state index in [0.717, 1.165) is 27.7 Å². The molecular formula is C21H21NO3S2. The molecule has 0 unspecified atom stereocenters. The van der Waals surface area contributed by atoms with Crippen molar-refractivity contribution in [2.45, 2.75) is 20.0 Å². The highest BCUT2D eigenvalue weighted by molar-refractivity contribution is 8.45. The van der Waals surface area contributed by atoms with Crippen molar-refractivity contribution in [1.82, 2.24) is 0 Å². The molecule has 0 N–H and O–H groups in total. The predicted octanol–water partition coefficient (Wildman–Crippen LogP) is 5.39. The maximum atomic E-state index is 12.3. The lowest BCUT2D eigenvalue weighted by Crippen LogP contribution is -2.00. The SMILES string of the molecule is CCCSC1=NC(=Cc2cccc(OC)c2OCc2ccccc2)C(=O)S1. The molecule has 1 heterocycles. The Morgan fingerprint density at radius 1 is 1.15 bits per heavy atom. The van der Waals surface area contributed by atoms with Gasteiger partial charge in [-0.2, -0.15) is 0 Å². The van der Waals surface area contributed by atoms with Gasteiger partial charge in [0.1, 0.15) is 16.7 Å². The Morgan fingerprint density at radius 2 is 1.96 bits per heavy atom. The third-order valence-corrected chi connectivity index (χ3v) is 5.99. The van der Waals surface area contributed by atoms with Gasteiger partial charge in [0.2, 0.25) is 5.12 Å². The van der Waals surface area contributed by atoms with Gasteiger partial charge in [0.25, 0.3) is 0 Å². The summed E-state index contributed by atoms with van der Waals surface area (Å²) in [4.78, 5) is 16.8. The van der Waals surface area contributed by atoms with Crippen molar-refractivity contribution in [3.05, 3.63) is 65.4 Å². The van der Waals surface area contributed by atoms with Crippen molar-refractivity contribution in [1.29, 1.82) is 0 Å². The van der Waals surface area contributed by atoms with Gasteiger partial charge in [0.15, 0.2) is 11.5 Å². The van der Waals surface area contributed by atoms with Gasteiger partial charge >= 0.3 is 0 Å². The van der Waals surface area contributed by atoms with E-state index in [4.69, 9.17) is 9.47 Å². The number of rotatable bonds is 7. The van der Waals surface area contributed by atoms with Crippen LogP contribution in [0.15, 0.2) is 59.2 Å². The molecule has 2 aromatic carbocycles. The van der Waals surface area contributed by atoms with Crippen LogP contribution in [0.25, 0.3) is 6.08 Å². The Kier molecular flexibility index (Phi) is 7.01. The first-order valence-electron chi connectivity index (χ1n) is 8.70. The van der Waals surface area contributed by atoms with Gasteiger partial charge < -0.3 is 9.47 Å². The molecule has 3 rings (SSSR count). The molecule has 1 aliphatic heterocycles. The van der Waals surface area contributed by atoms with Crippen LogP contribution in [0.2, 0.25) is 0 Å². The summed E-state index contributed by atoms with van der Waals surface area (Å²) in [6, 6.07) is 15.6. The standard InChI is InChI=1S/C21H21NO3S2/c1-3-12-26-21-22-17(20(23)27-21)13-16-10-7-11-18(24-2)19(16)25-14-15-8-5-4-6-9-15/h4-11,13H,3,12,14H2,1-2H3. The van der Waals surface area contributed by atoms with E-state index in [9.17, 15) is 4.79 Å². The number of ether oxygens (including phenoxy) is 2. The molecule has 0 saturated carbocycles. The van der Waals surface area contributed by atoms with Crippen LogP contribution in [-0.2, 0) is 11.4 Å². The molecule has 0 atom stereocenters. The minimum atomic E-state index is -0.0366. The summed E-state index contributed by atoms with van der Waals surface area (Å²) >= 11 is 2.81. The van der Waals surface area contributed by atoms with Crippen LogP contribution >= 0.6 is 23.5 Å². The highest BCUT2D eigenvalue weighted by atomic mass is 32.2. The summed E-state index contributed by atoms with van der Waals surface area (Å²) in [5, 5.41) is -0.0366. The lowest BCUT2D eigenvalue weighted by molar-refractivity contribution is -0.107. The smallest absolute Gasteiger partial charge is 0.244 e. The first-order chi connectivity index (χ1) is 13.2. The molecule has 27 heavy (non-hydrogen) atoms. The molecule has 2 aromatic rings. The molecule has 0 aliphatic carbocycles. The van der Waals surface area contributed by atoms with E-state index >= 15 is 0 Å². The molecule has 0 aromatic heterocycles. The van der Waals surface area contributed by atoms with E-state index in [2.05, 4.69) is 11.9 Å². The Hall–Kier alpha value is -2.18. The number of methoxy groups -OCH3 is 1. The number of hydrogen-bond acceptors (Lipinski definition) is 6. The molecule has 1 aliphatic rings. The van der Waals surface area contributed by atoms with Gasteiger partial charge in [0, 0.05) is 5.56 Å². The third kappa shape index (κ3) is 5.17. The van der Waals surface area contributed by atoms with Crippen LogP contribution < -0.4 is 9.47 Å². The van der Waals surface area contributed by atoms with Gasteiger partial charge in [-0.3, -0.25) is 4.79 Å². The fourth-order valence-electron chi connectivity index (χ4n) is 2.48. The normalized spacial score (nSPS) is 15.1. The largest absolute Gasteiger partial charge is 0.493 e. The number of para-hydroxylation sites is 1. The Morgan fingerprint density at radius 3 is 2.70 bits per heavy atom. The maximum Gasteiger partial charge on any atom is 0.244 e. The van der Waals surface area contributed by atoms with E-state index in [1.54, 1.807) is 24.9 Å². The van der Waals surface area contributed by atoms with E-state index in [0.29, 0.717) is 23.8 Å². The number of benzene rings is 2. The second kappa shape index (κ2) is 9.67. The molecule has 4 nitrogen and oxygen atoms in total. The average Bonchev–Trinajstić information content (AvgIpc) is 3.05. The summed E-state index contributed by atoms with van der Waals surface area (Å²) in [6.07, 6.45) is 2.82. The molecular weight excluding hydrogens is 378 g/mol. The zero-order chi connectivity index (χ0) is 19.1. The minimum Gasteiger partial charge on any atom is -0.493 e. The average molecular weight is 400 g/mol. The predicted molar refractivity (Wildman–Crippen MR) is 115 cm³/mol. The molecule has 0 bridgehead atoms. The number of aliphatic imine (C=N–C) groups is 1. The van der Waals surface area contributed by atoms with Crippen molar-refractivity contribution in [3.63, 3.8) is 0 Å². The zero-order valence-electron chi connectivity index (χ0n) is 15.3. The van der Waals surface area contributed by atoms with Crippen LogP contribution in [-0.4, -0.2) is 22.4 Å². The highest BCUT2D eigenvalue weighted by Gasteiger charge is 2.23. The lowest BCUT2D eigenvalue weighted by Gasteiger charge is -2.13. The van der Waals surface area contributed by atoms with Crippen LogP contribution in [0.1, 0.15) is 24.5 Å². The molecule has 0 radical (unpaired) electrons. The van der Waals surface area contributed by atoms with Gasteiger partial charge in [0.05, 0.1) is 7.11 Å². The van der Waals surface area contributed by atoms with Crippen LogP contribution in [0, 0.1) is 0 Å². The Balaban J connectivity index is 1.86. The van der Waals surface area contributed by atoms with E-state index < -0.39 is 0 Å². The summed E-state index contributed by atoms with van der Waals surface area (Å²) < 4.78 is 12.3. The molecule has 0 saturated heterocycles. The van der Waals surface area contributed by atoms with Crippen molar-refractivity contribution in [2.75, 3.05) is 12.9 Å². The van der Waals surface area contributed by atoms with Gasteiger partial charge in [-0.1, -0.05) is 61.2 Å². The Labute approximate surface area is 168 Å². The molecule has 140 valence electrons. The van der Waals surface area contributed by atoms with Crippen LogP contribution in [0.5, 0.6) is 11.5 Å². The number of carbonyl (C=O) groups is 1. The Bertz CT molecular complexity index is 863. The maximum absolute atomic E-state index is 12.3. The van der Waals surface area contributed by atoms with Crippen molar-refractivity contribution in [2.24, 2.45) is 4.99 Å². The molecule has 0 fully saturated rings. The summed E-state index contributed by atoms with van der Waals surface area (Å²) in [6.45, 7) is 2.53. The fourth-order valence-corrected chi connectivity index (χ4v) is 4.25. The fraction of sp³-hybridized carbons (Fsp3) is 0.238. The van der Waals surface area contributed by atoms with Crippen molar-refractivity contribution in [3.8, 4) is 11.5 Å². The van der Waals surface area contributed by atoms with E-state index in [-0.39, 0.29) is 5.12 Å². The number of thioether (sulfide) groups is 2. The third-order valence-electron chi connectivity index (χ3n) is 3.78. The van der Waals surface area contributed by atoms with Gasteiger partial charge in [-0.15, -0.1) is 0 Å². The molecule has 0 amide bonds. The summed E-state index contributed by atoms with van der Waals surface area (Å²) in [7, 11) is 1.61. The van der Waals surface area contributed by atoms with Gasteiger partial charge in [-0.25, -0.2) is 4.99 Å². The summed E-state index contributed by atoms with van der Waals surface area (Å²) in [5.74, 6) is 2.19. The van der Waals surface area contributed by atoms with E-state index in [1.165, 1.54) is 11.8 Å². The minimum absolute atomic E-state index is 0.0366. The second-order valence-corrected chi connectivity index (χ2v) is 8.10. The van der Waals surface area contributed by atoms with E-state index in [1.807, 2.05) is 48.5 Å². The zero-order valence-corrected chi connectivity index (χ0v) is 16.9. The van der Waals surface area contributed by atoms with Gasteiger partial charge in [-0.05, 0) is 41.6 Å². The highest BCUT2D eigenvalue weighted by Crippen LogP contribution is 2.36. The number of nitrogens with zero attached hydrogens (tertiary/aromatic N) is 1. The number of carbonyl (C=O) groups excluding carboxylic acids is 1. The van der Waals surface area contributed by atoms with Crippen molar-refractivity contribution < 1.29 is 14.3 Å².